The van der Waals surface area contributed by atoms with Crippen molar-refractivity contribution in [3.8, 4) is 17.2 Å². The van der Waals surface area contributed by atoms with Gasteiger partial charge >= 0.3 is 17.7 Å². The summed E-state index contributed by atoms with van der Waals surface area (Å²) in [6.07, 6.45) is -0.196. The van der Waals surface area contributed by atoms with Gasteiger partial charge in [-0.25, -0.2) is 9.59 Å². The summed E-state index contributed by atoms with van der Waals surface area (Å²) in [6, 6.07) is 6.08. The molecule has 0 aliphatic carbocycles. The summed E-state index contributed by atoms with van der Waals surface area (Å²) in [4.78, 5) is 34.8. The minimum Gasteiger partial charge on any atom is -0.502 e. The van der Waals surface area contributed by atoms with Crippen molar-refractivity contribution in [2.75, 3.05) is 20.3 Å². The van der Waals surface area contributed by atoms with Crippen LogP contribution in [-0.4, -0.2) is 59.9 Å². The van der Waals surface area contributed by atoms with E-state index in [9.17, 15) is 29.9 Å². The standard InChI is InChI=1S/C24H26BrN5O9/c1-4-38-18-8-13(21-20(23(33)37-3)12(2)27-24(34)28-21)5-6-17(18)39-11-19(31)29-26-10-14-7-15(25)9-16(22(14)32)30(35)36/h5-10,19,21,29,31-32H,4,11H2,1-3H3,(H2,27,28,34)/b26-10+/t19-,21+/m1/s1. The van der Waals surface area contributed by atoms with Crippen molar-refractivity contribution in [2.24, 2.45) is 5.10 Å². The molecule has 0 radical (unpaired) electrons. The number of hydrazone groups is 1. The highest BCUT2D eigenvalue weighted by molar-refractivity contribution is 9.10. The summed E-state index contributed by atoms with van der Waals surface area (Å²) in [5, 5.41) is 40.4. The zero-order chi connectivity index (χ0) is 28.7. The molecule has 1 heterocycles. The van der Waals surface area contributed by atoms with Crippen LogP contribution < -0.4 is 25.5 Å². The number of hydrogen-bond donors (Lipinski definition) is 5. The molecular weight excluding hydrogens is 582 g/mol. The number of rotatable bonds is 11. The topological polar surface area (TPSA) is 194 Å². The lowest BCUT2D eigenvalue weighted by molar-refractivity contribution is -0.385. The molecule has 2 atom stereocenters. The SMILES string of the molecule is CCOc1cc([C@@H]2NC(=O)NC(C)=C2C(=O)OC)ccc1OC[C@@H](O)N/N=C/c1cc(Br)cc([N+](=O)[O-])c1O. The van der Waals surface area contributed by atoms with E-state index in [0.29, 0.717) is 21.5 Å². The average molecular weight is 608 g/mol. The number of allylic oxidation sites excluding steroid dienone is 1. The molecule has 15 heteroatoms. The molecule has 3 rings (SSSR count). The Morgan fingerprint density at radius 3 is 2.72 bits per heavy atom. The quantitative estimate of drug-likeness (QED) is 0.0832. The van der Waals surface area contributed by atoms with Gasteiger partial charge in [-0.2, -0.15) is 5.10 Å². The number of aliphatic hydroxyl groups excluding tert-OH is 1. The molecule has 39 heavy (non-hydrogen) atoms. The molecule has 208 valence electrons. The third kappa shape index (κ3) is 7.14. The number of halogens is 1. The summed E-state index contributed by atoms with van der Waals surface area (Å²) in [5.74, 6) is -0.618. The molecule has 1 aliphatic heterocycles. The maximum atomic E-state index is 12.4. The fraction of sp³-hybridized carbons (Fsp3) is 0.292. The number of methoxy groups -OCH3 is 1. The number of carbonyl (C=O) groups is 2. The molecule has 0 fully saturated rings. The van der Waals surface area contributed by atoms with Crippen LogP contribution in [0.25, 0.3) is 0 Å². The van der Waals surface area contributed by atoms with Gasteiger partial charge in [-0.1, -0.05) is 22.0 Å². The first-order valence-electron chi connectivity index (χ1n) is 11.4. The number of esters is 1. The van der Waals surface area contributed by atoms with Crippen LogP contribution in [0.2, 0.25) is 0 Å². The first kappa shape index (κ1) is 29.2. The number of benzene rings is 2. The van der Waals surface area contributed by atoms with Gasteiger partial charge in [-0.15, -0.1) is 0 Å². The summed E-state index contributed by atoms with van der Waals surface area (Å²) in [7, 11) is 1.24. The number of carbonyl (C=O) groups excluding carboxylic acids is 2. The lowest BCUT2D eigenvalue weighted by atomic mass is 9.95. The van der Waals surface area contributed by atoms with Crippen molar-refractivity contribution >= 4 is 39.8 Å². The van der Waals surface area contributed by atoms with E-state index in [1.54, 1.807) is 32.0 Å². The molecule has 1 aliphatic rings. The van der Waals surface area contributed by atoms with Crippen LogP contribution in [0.15, 0.2) is 51.2 Å². The van der Waals surface area contributed by atoms with Gasteiger partial charge in [-0.05, 0) is 37.6 Å². The van der Waals surface area contributed by atoms with Crippen LogP contribution in [0.4, 0.5) is 10.5 Å². The van der Waals surface area contributed by atoms with Crippen LogP contribution >= 0.6 is 15.9 Å². The predicted octanol–water partition coefficient (Wildman–Crippen LogP) is 2.58. The molecule has 0 saturated carbocycles. The summed E-state index contributed by atoms with van der Waals surface area (Å²) >= 11 is 3.13. The van der Waals surface area contributed by atoms with Crippen LogP contribution in [0, 0.1) is 10.1 Å². The zero-order valence-electron chi connectivity index (χ0n) is 21.1. The second-order valence-corrected chi connectivity index (χ2v) is 8.95. The van der Waals surface area contributed by atoms with Gasteiger partial charge in [0.25, 0.3) is 0 Å². The number of hydrogen-bond acceptors (Lipinski definition) is 11. The largest absolute Gasteiger partial charge is 0.502 e. The molecule has 2 amide bonds. The van der Waals surface area contributed by atoms with E-state index in [-0.39, 0.29) is 30.1 Å². The van der Waals surface area contributed by atoms with Gasteiger partial charge in [0, 0.05) is 21.8 Å². The second-order valence-electron chi connectivity index (χ2n) is 8.03. The van der Waals surface area contributed by atoms with Crippen LogP contribution in [0.5, 0.6) is 17.2 Å². The highest BCUT2D eigenvalue weighted by atomic mass is 79.9. The van der Waals surface area contributed by atoms with Crippen LogP contribution in [0.3, 0.4) is 0 Å². The number of phenols is 1. The number of nitrogens with zero attached hydrogens (tertiary/aromatic N) is 2. The molecule has 0 saturated heterocycles. The zero-order valence-corrected chi connectivity index (χ0v) is 22.6. The number of aromatic hydroxyl groups is 1. The third-order valence-corrected chi connectivity index (χ3v) is 5.84. The van der Waals surface area contributed by atoms with E-state index >= 15 is 0 Å². The molecule has 0 bridgehead atoms. The maximum Gasteiger partial charge on any atom is 0.337 e. The monoisotopic (exact) mass is 607 g/mol. The number of ether oxygens (including phenoxy) is 3. The fourth-order valence-electron chi connectivity index (χ4n) is 3.66. The Hall–Kier alpha value is -4.37. The van der Waals surface area contributed by atoms with Gasteiger partial charge in [0.1, 0.15) is 6.61 Å². The molecule has 0 aromatic heterocycles. The average Bonchev–Trinajstić information content (AvgIpc) is 2.88. The molecule has 0 unspecified atom stereocenters. The van der Waals surface area contributed by atoms with Gasteiger partial charge in [0.05, 0.1) is 36.5 Å². The molecular formula is C24H26BrN5O9. The van der Waals surface area contributed by atoms with Gasteiger partial charge in [0.15, 0.2) is 17.7 Å². The van der Waals surface area contributed by atoms with E-state index < -0.39 is 40.6 Å². The first-order valence-corrected chi connectivity index (χ1v) is 12.2. The van der Waals surface area contributed by atoms with Crippen molar-refractivity contribution in [2.45, 2.75) is 26.1 Å². The second kappa shape index (κ2) is 12.9. The molecule has 5 N–H and O–H groups in total. The third-order valence-electron chi connectivity index (χ3n) is 5.38. The maximum absolute atomic E-state index is 12.4. The fourth-order valence-corrected chi connectivity index (χ4v) is 4.12. The van der Waals surface area contributed by atoms with E-state index in [0.717, 1.165) is 12.3 Å². The highest BCUT2D eigenvalue weighted by Gasteiger charge is 2.32. The smallest absolute Gasteiger partial charge is 0.337 e. The predicted molar refractivity (Wildman–Crippen MR) is 141 cm³/mol. The van der Waals surface area contributed by atoms with E-state index in [4.69, 9.17) is 14.2 Å². The Labute approximate surface area is 230 Å². The highest BCUT2D eigenvalue weighted by Crippen LogP contribution is 2.35. The lowest BCUT2D eigenvalue weighted by Crippen LogP contribution is -2.45. The Balaban J connectivity index is 1.72. The van der Waals surface area contributed by atoms with Crippen LogP contribution in [0.1, 0.15) is 31.0 Å². The molecule has 0 spiro atoms. The summed E-state index contributed by atoms with van der Waals surface area (Å²) in [6.45, 7) is 3.36. The van der Waals surface area contributed by atoms with Crippen molar-refractivity contribution in [3.63, 3.8) is 0 Å². The number of urea groups is 1. The van der Waals surface area contributed by atoms with Gasteiger partial charge < -0.3 is 35.1 Å². The Morgan fingerprint density at radius 2 is 2.05 bits per heavy atom. The van der Waals surface area contributed by atoms with E-state index in [1.165, 1.54) is 13.2 Å². The normalized spacial score (nSPS) is 15.8. The summed E-state index contributed by atoms with van der Waals surface area (Å²) in [5.41, 5.74) is 3.06. The van der Waals surface area contributed by atoms with E-state index in [2.05, 4.69) is 37.1 Å². The van der Waals surface area contributed by atoms with E-state index in [1.807, 2.05) is 0 Å². The lowest BCUT2D eigenvalue weighted by Gasteiger charge is -2.28. The van der Waals surface area contributed by atoms with Crippen molar-refractivity contribution < 1.29 is 38.9 Å². The first-order chi connectivity index (χ1) is 18.5. The minimum atomic E-state index is -1.31. The van der Waals surface area contributed by atoms with Crippen LogP contribution in [-0.2, 0) is 9.53 Å². The molecule has 2 aromatic carbocycles. The van der Waals surface area contributed by atoms with Crippen molar-refractivity contribution in [1.82, 2.24) is 16.1 Å². The number of phenolic OH excluding ortho intramolecular Hbond substituents is 1. The Kier molecular flexibility index (Phi) is 9.68. The number of nitro groups is 1. The van der Waals surface area contributed by atoms with Gasteiger partial charge in [0.2, 0.25) is 5.75 Å². The van der Waals surface area contributed by atoms with Gasteiger partial charge in [-0.3, -0.25) is 15.5 Å². The number of amides is 2. The number of nitro benzene ring substituents is 1. The summed E-state index contributed by atoms with van der Waals surface area (Å²) < 4.78 is 16.6. The Morgan fingerprint density at radius 1 is 1.31 bits per heavy atom. The Bertz CT molecular complexity index is 1330. The minimum absolute atomic E-state index is 0.0477. The number of aliphatic hydroxyl groups is 1. The molecule has 14 nitrogen and oxygen atoms in total. The van der Waals surface area contributed by atoms with Crippen molar-refractivity contribution in [3.05, 3.63) is 67.3 Å². The van der Waals surface area contributed by atoms with Crippen molar-refractivity contribution in [1.29, 1.82) is 0 Å². The molecule has 2 aromatic rings. The number of nitrogens with one attached hydrogen (secondary N) is 3.